The van der Waals surface area contributed by atoms with Crippen LogP contribution < -0.4 is 4.74 Å². The molecule has 0 aromatic carbocycles. The van der Waals surface area contributed by atoms with Gasteiger partial charge in [-0.05, 0) is 13.0 Å². The third kappa shape index (κ3) is 3.93. The van der Waals surface area contributed by atoms with E-state index in [1.54, 1.807) is 6.92 Å². The summed E-state index contributed by atoms with van der Waals surface area (Å²) in [7, 11) is 2.41. The summed E-state index contributed by atoms with van der Waals surface area (Å²) in [6.07, 6.45) is -0.139. The van der Waals surface area contributed by atoms with Crippen LogP contribution in [0.4, 0.5) is 9.59 Å². The molecular formula is C11H13NO6. The molecule has 7 nitrogen and oxygen atoms in total. The van der Waals surface area contributed by atoms with Gasteiger partial charge in [0.25, 0.3) is 0 Å². The lowest BCUT2D eigenvalue weighted by atomic mass is 10.2. The van der Waals surface area contributed by atoms with Crippen molar-refractivity contribution in [2.75, 3.05) is 14.2 Å². The Morgan fingerprint density at radius 3 is 2.50 bits per heavy atom. The van der Waals surface area contributed by atoms with Crippen molar-refractivity contribution < 1.29 is 28.5 Å². The molecule has 0 saturated carbocycles. The van der Waals surface area contributed by atoms with E-state index in [-0.39, 0.29) is 12.4 Å². The van der Waals surface area contributed by atoms with Gasteiger partial charge in [-0.2, -0.15) is 0 Å². The largest absolute Gasteiger partial charge is 0.513 e. The average molecular weight is 255 g/mol. The molecule has 1 aromatic rings. The monoisotopic (exact) mass is 255 g/mol. The van der Waals surface area contributed by atoms with Crippen molar-refractivity contribution in [3.63, 3.8) is 0 Å². The van der Waals surface area contributed by atoms with Crippen LogP contribution in [-0.2, 0) is 20.8 Å². The van der Waals surface area contributed by atoms with Gasteiger partial charge in [-0.15, -0.1) is 0 Å². The van der Waals surface area contributed by atoms with E-state index >= 15 is 0 Å². The topological polar surface area (TPSA) is 84.0 Å². The summed E-state index contributed by atoms with van der Waals surface area (Å²) >= 11 is 0. The molecule has 7 heteroatoms. The Hall–Kier alpha value is -2.31. The van der Waals surface area contributed by atoms with Crippen molar-refractivity contribution in [3.8, 4) is 5.75 Å². The van der Waals surface area contributed by atoms with Gasteiger partial charge in [-0.1, -0.05) is 0 Å². The van der Waals surface area contributed by atoms with Crippen molar-refractivity contribution in [3.05, 3.63) is 23.5 Å². The SMILES string of the molecule is COC(=O)OCc1cnc(C)c(OC(=O)OC)c1. The highest BCUT2D eigenvalue weighted by atomic mass is 16.7. The van der Waals surface area contributed by atoms with Gasteiger partial charge in [0.05, 0.1) is 19.9 Å². The molecule has 0 amide bonds. The smallest absolute Gasteiger partial charge is 0.438 e. The lowest BCUT2D eigenvalue weighted by Crippen LogP contribution is -2.10. The second-order valence-electron chi connectivity index (χ2n) is 3.23. The predicted octanol–water partition coefficient (Wildman–Crippen LogP) is 1.82. The number of hydrogen-bond acceptors (Lipinski definition) is 7. The van der Waals surface area contributed by atoms with E-state index in [4.69, 9.17) is 9.47 Å². The molecule has 0 aliphatic heterocycles. The van der Waals surface area contributed by atoms with Crippen LogP contribution in [0, 0.1) is 6.92 Å². The van der Waals surface area contributed by atoms with Crippen LogP contribution >= 0.6 is 0 Å². The molecule has 0 atom stereocenters. The van der Waals surface area contributed by atoms with E-state index in [0.29, 0.717) is 11.3 Å². The molecule has 98 valence electrons. The molecule has 0 fully saturated rings. The predicted molar refractivity (Wildman–Crippen MR) is 59.2 cm³/mol. The Balaban J connectivity index is 2.74. The molecule has 1 rings (SSSR count). The first kappa shape index (κ1) is 13.8. The Kier molecular flexibility index (Phi) is 4.91. The second-order valence-corrected chi connectivity index (χ2v) is 3.23. The number of carbonyl (C=O) groups is 2. The zero-order valence-electron chi connectivity index (χ0n) is 10.3. The summed E-state index contributed by atoms with van der Waals surface area (Å²) in [5.41, 5.74) is 1.08. The van der Waals surface area contributed by atoms with Crippen molar-refractivity contribution in [1.82, 2.24) is 4.98 Å². The summed E-state index contributed by atoms with van der Waals surface area (Å²) < 4.78 is 18.3. The fraction of sp³-hybridized carbons (Fsp3) is 0.364. The third-order valence-corrected chi connectivity index (χ3v) is 1.98. The molecule has 0 spiro atoms. The fourth-order valence-electron chi connectivity index (χ4n) is 1.07. The summed E-state index contributed by atoms with van der Waals surface area (Å²) in [6, 6.07) is 1.53. The Bertz CT molecular complexity index is 445. The molecule has 0 radical (unpaired) electrons. The van der Waals surface area contributed by atoms with Crippen molar-refractivity contribution in [2.24, 2.45) is 0 Å². The number of ether oxygens (including phenoxy) is 4. The molecule has 0 N–H and O–H groups in total. The first-order valence-corrected chi connectivity index (χ1v) is 4.99. The van der Waals surface area contributed by atoms with Gasteiger partial charge >= 0.3 is 12.3 Å². The van der Waals surface area contributed by atoms with Gasteiger partial charge in [-0.25, -0.2) is 9.59 Å². The lowest BCUT2D eigenvalue weighted by molar-refractivity contribution is 0.0666. The Morgan fingerprint density at radius 2 is 1.89 bits per heavy atom. The molecule has 0 aliphatic carbocycles. The zero-order chi connectivity index (χ0) is 13.5. The van der Waals surface area contributed by atoms with E-state index in [2.05, 4.69) is 14.5 Å². The van der Waals surface area contributed by atoms with E-state index in [0.717, 1.165) is 0 Å². The van der Waals surface area contributed by atoms with Crippen LogP contribution in [0.1, 0.15) is 11.3 Å². The normalized spacial score (nSPS) is 9.50. The number of hydrogen-bond donors (Lipinski definition) is 0. The van der Waals surface area contributed by atoms with E-state index in [1.165, 1.54) is 26.5 Å². The number of methoxy groups -OCH3 is 2. The second kappa shape index (κ2) is 6.43. The van der Waals surface area contributed by atoms with E-state index in [9.17, 15) is 9.59 Å². The maximum absolute atomic E-state index is 11.0. The third-order valence-electron chi connectivity index (χ3n) is 1.98. The highest BCUT2D eigenvalue weighted by Crippen LogP contribution is 2.18. The van der Waals surface area contributed by atoms with Crippen LogP contribution in [0.3, 0.4) is 0 Å². The first-order chi connectivity index (χ1) is 8.56. The number of pyridine rings is 1. The van der Waals surface area contributed by atoms with E-state index < -0.39 is 12.3 Å². The summed E-state index contributed by atoms with van der Waals surface area (Å²) in [6.45, 7) is 1.64. The minimum Gasteiger partial charge on any atom is -0.438 e. The highest BCUT2D eigenvalue weighted by molar-refractivity contribution is 5.64. The van der Waals surface area contributed by atoms with Gasteiger partial charge in [0, 0.05) is 11.8 Å². The Labute approximate surface area is 104 Å². The van der Waals surface area contributed by atoms with E-state index in [1.807, 2.05) is 0 Å². The maximum atomic E-state index is 11.0. The molecule has 0 aliphatic rings. The number of aromatic nitrogens is 1. The molecular weight excluding hydrogens is 242 g/mol. The molecule has 0 unspecified atom stereocenters. The molecule has 0 bridgehead atoms. The minimum atomic E-state index is -0.842. The van der Waals surface area contributed by atoms with Crippen LogP contribution in [0.15, 0.2) is 12.3 Å². The molecule has 1 aromatic heterocycles. The van der Waals surface area contributed by atoms with Crippen LogP contribution in [0.25, 0.3) is 0 Å². The number of nitrogens with zero attached hydrogens (tertiary/aromatic N) is 1. The first-order valence-electron chi connectivity index (χ1n) is 4.99. The van der Waals surface area contributed by atoms with Crippen molar-refractivity contribution in [2.45, 2.75) is 13.5 Å². The van der Waals surface area contributed by atoms with Crippen molar-refractivity contribution >= 4 is 12.3 Å². The molecule has 18 heavy (non-hydrogen) atoms. The van der Waals surface area contributed by atoms with Gasteiger partial charge in [-0.3, -0.25) is 4.98 Å². The zero-order valence-corrected chi connectivity index (χ0v) is 10.3. The molecule has 0 saturated heterocycles. The number of carbonyl (C=O) groups excluding carboxylic acids is 2. The maximum Gasteiger partial charge on any atom is 0.513 e. The van der Waals surface area contributed by atoms with Crippen LogP contribution in [0.5, 0.6) is 5.75 Å². The summed E-state index contributed by atoms with van der Waals surface area (Å²) in [5.74, 6) is 0.243. The highest BCUT2D eigenvalue weighted by Gasteiger charge is 2.10. The summed E-state index contributed by atoms with van der Waals surface area (Å²) in [4.78, 5) is 25.8. The molecule has 1 heterocycles. The van der Waals surface area contributed by atoms with Gasteiger partial charge in [0.15, 0.2) is 5.75 Å². The van der Waals surface area contributed by atoms with Crippen LogP contribution in [0.2, 0.25) is 0 Å². The standard InChI is InChI=1S/C11H13NO6/c1-7-9(18-11(14)16-3)4-8(5-12-7)6-17-10(13)15-2/h4-5H,6H2,1-3H3. The Morgan fingerprint density at radius 1 is 1.22 bits per heavy atom. The number of rotatable bonds is 3. The quantitative estimate of drug-likeness (QED) is 0.761. The van der Waals surface area contributed by atoms with Gasteiger partial charge < -0.3 is 18.9 Å². The average Bonchev–Trinajstić information content (AvgIpc) is 2.38. The lowest BCUT2D eigenvalue weighted by Gasteiger charge is -2.08. The minimum absolute atomic E-state index is 0.0303. The van der Waals surface area contributed by atoms with Crippen LogP contribution in [-0.4, -0.2) is 31.5 Å². The summed E-state index contributed by atoms with van der Waals surface area (Å²) in [5, 5.41) is 0. The van der Waals surface area contributed by atoms with Gasteiger partial charge in [0.1, 0.15) is 6.61 Å². The number of aryl methyl sites for hydroxylation is 1. The van der Waals surface area contributed by atoms with Gasteiger partial charge in [0.2, 0.25) is 0 Å². The fourth-order valence-corrected chi connectivity index (χ4v) is 1.07. The van der Waals surface area contributed by atoms with Crippen molar-refractivity contribution in [1.29, 1.82) is 0 Å².